The van der Waals surface area contributed by atoms with Crippen LogP contribution in [0.1, 0.15) is 40.8 Å². The molecule has 2 unspecified atom stereocenters. The molecule has 1 heterocycles. The average Bonchev–Trinajstić information content (AvgIpc) is 2.80. The van der Waals surface area contributed by atoms with Gasteiger partial charge in [-0.2, -0.15) is 0 Å². The molecule has 0 saturated carbocycles. The Morgan fingerprint density at radius 3 is 2.67 bits per heavy atom. The third-order valence-electron chi connectivity index (χ3n) is 6.77. The van der Waals surface area contributed by atoms with Crippen molar-refractivity contribution in [1.82, 2.24) is 9.97 Å². The van der Waals surface area contributed by atoms with Crippen molar-refractivity contribution in [3.05, 3.63) is 86.6 Å². The lowest BCUT2D eigenvalue weighted by Crippen LogP contribution is -2.38. The fraction of sp³-hybridized carbons (Fsp3) is 0.360. The summed E-state index contributed by atoms with van der Waals surface area (Å²) in [6, 6.07) is 13.8. The van der Waals surface area contributed by atoms with Gasteiger partial charge in [0.2, 0.25) is 14.8 Å². The van der Waals surface area contributed by atoms with Crippen LogP contribution in [0.3, 0.4) is 0 Å². The number of fused-ring (bicyclic) bond motifs is 1. The largest absolute Gasteiger partial charge is 0.467 e. The van der Waals surface area contributed by atoms with E-state index in [4.69, 9.17) is 7.98 Å². The first-order valence-corrected chi connectivity index (χ1v) is 12.6. The summed E-state index contributed by atoms with van der Waals surface area (Å²) in [6.07, 6.45) is 3.72. The maximum Gasteiger partial charge on any atom is 0.254 e. The SMILES string of the molecule is [B]N(B(C)Cc1ccccc1)c1ccc(C)c(C2Cc3nc(SC)[nH]c(=O)c3CC2C)c1F. The molecule has 4 rings (SSSR count). The minimum Gasteiger partial charge on any atom is -0.467 e. The molecular formula is C25H28B2FN3OS. The lowest BCUT2D eigenvalue weighted by molar-refractivity contribution is 0.401. The van der Waals surface area contributed by atoms with E-state index < -0.39 is 0 Å². The monoisotopic (exact) mass is 459 g/mol. The Morgan fingerprint density at radius 1 is 1.24 bits per heavy atom. The quantitative estimate of drug-likeness (QED) is 0.329. The molecule has 2 atom stereocenters. The number of benzene rings is 2. The summed E-state index contributed by atoms with van der Waals surface area (Å²) < 4.78 is 17.6. The van der Waals surface area contributed by atoms with Crippen molar-refractivity contribution in [2.24, 2.45) is 5.92 Å². The van der Waals surface area contributed by atoms with Gasteiger partial charge in [0.15, 0.2) is 5.16 Å². The molecule has 0 spiro atoms. The number of halogens is 1. The predicted octanol–water partition coefficient (Wildman–Crippen LogP) is 4.75. The van der Waals surface area contributed by atoms with E-state index in [0.717, 1.165) is 28.7 Å². The minimum atomic E-state index is -0.271. The van der Waals surface area contributed by atoms with Crippen molar-refractivity contribution in [2.75, 3.05) is 11.0 Å². The maximum atomic E-state index is 16.0. The molecule has 4 nitrogen and oxygen atoms in total. The number of aryl methyl sites for hydroxylation is 1. The molecule has 1 aromatic heterocycles. The highest BCUT2D eigenvalue weighted by Gasteiger charge is 2.33. The van der Waals surface area contributed by atoms with E-state index >= 15 is 4.39 Å². The first-order valence-electron chi connectivity index (χ1n) is 11.3. The van der Waals surface area contributed by atoms with Crippen molar-refractivity contribution in [1.29, 1.82) is 0 Å². The minimum absolute atomic E-state index is 0.0701. The predicted molar refractivity (Wildman–Crippen MR) is 137 cm³/mol. The Balaban J connectivity index is 1.67. The van der Waals surface area contributed by atoms with E-state index in [2.05, 4.69) is 29.0 Å². The van der Waals surface area contributed by atoms with Crippen LogP contribution in [0.5, 0.6) is 0 Å². The molecule has 1 N–H and O–H groups in total. The molecule has 8 heteroatoms. The molecule has 3 aromatic rings. The highest BCUT2D eigenvalue weighted by atomic mass is 32.2. The number of hydrogen-bond acceptors (Lipinski definition) is 4. The van der Waals surface area contributed by atoms with Gasteiger partial charge in [-0.1, -0.05) is 67.5 Å². The second-order valence-electron chi connectivity index (χ2n) is 9.07. The maximum absolute atomic E-state index is 16.0. The summed E-state index contributed by atoms with van der Waals surface area (Å²) in [4.78, 5) is 20.0. The summed E-state index contributed by atoms with van der Waals surface area (Å²) >= 11 is 1.41. The number of hydrogen-bond donors (Lipinski definition) is 1. The van der Waals surface area contributed by atoms with E-state index in [-0.39, 0.29) is 30.1 Å². The van der Waals surface area contributed by atoms with Crippen LogP contribution in [0.15, 0.2) is 52.4 Å². The van der Waals surface area contributed by atoms with Gasteiger partial charge in [0.25, 0.3) is 5.56 Å². The second-order valence-corrected chi connectivity index (χ2v) is 9.86. The van der Waals surface area contributed by atoms with Crippen LogP contribution in [0.2, 0.25) is 6.82 Å². The molecule has 0 saturated heterocycles. The zero-order chi connectivity index (χ0) is 23.7. The topological polar surface area (TPSA) is 49.0 Å². The number of aromatic nitrogens is 2. The van der Waals surface area contributed by atoms with Crippen LogP contribution >= 0.6 is 11.8 Å². The van der Waals surface area contributed by atoms with Gasteiger partial charge in [-0.05, 0) is 61.4 Å². The molecule has 33 heavy (non-hydrogen) atoms. The summed E-state index contributed by atoms with van der Waals surface area (Å²) in [5, 5.41) is 0.598. The number of aromatic amines is 1. The van der Waals surface area contributed by atoms with Gasteiger partial charge in [0.1, 0.15) is 5.82 Å². The second kappa shape index (κ2) is 9.80. The van der Waals surface area contributed by atoms with Crippen molar-refractivity contribution in [2.45, 2.75) is 50.9 Å². The lowest BCUT2D eigenvalue weighted by atomic mass is 9.56. The van der Waals surface area contributed by atoms with Gasteiger partial charge < -0.3 is 9.71 Å². The van der Waals surface area contributed by atoms with Crippen LogP contribution in [-0.4, -0.2) is 31.1 Å². The van der Waals surface area contributed by atoms with Gasteiger partial charge >= 0.3 is 0 Å². The normalized spacial score (nSPS) is 17.5. The highest BCUT2D eigenvalue weighted by Crippen LogP contribution is 2.40. The number of nitrogens with zero attached hydrogens (tertiary/aromatic N) is 2. The number of nitrogens with one attached hydrogen (secondary N) is 1. The lowest BCUT2D eigenvalue weighted by Gasteiger charge is -2.33. The zero-order valence-electron chi connectivity index (χ0n) is 19.6. The molecule has 0 aliphatic heterocycles. The van der Waals surface area contributed by atoms with Gasteiger partial charge in [-0.15, -0.1) is 0 Å². The Bertz CT molecular complexity index is 1200. The van der Waals surface area contributed by atoms with Gasteiger partial charge in [0, 0.05) is 11.3 Å². The summed E-state index contributed by atoms with van der Waals surface area (Å²) in [6.45, 7) is 5.95. The summed E-state index contributed by atoms with van der Waals surface area (Å²) in [7, 11) is 6.44. The molecule has 1 aliphatic rings. The smallest absolute Gasteiger partial charge is 0.254 e. The third kappa shape index (κ3) is 4.77. The van der Waals surface area contributed by atoms with E-state index in [0.29, 0.717) is 29.2 Å². The van der Waals surface area contributed by atoms with Crippen LogP contribution in [0, 0.1) is 18.7 Å². The van der Waals surface area contributed by atoms with E-state index in [1.54, 1.807) is 10.8 Å². The van der Waals surface area contributed by atoms with E-state index in [1.807, 2.05) is 44.3 Å². The van der Waals surface area contributed by atoms with Crippen LogP contribution < -0.4 is 10.3 Å². The molecule has 1 aliphatic carbocycles. The highest BCUT2D eigenvalue weighted by molar-refractivity contribution is 7.98. The van der Waals surface area contributed by atoms with Crippen LogP contribution in [0.25, 0.3) is 0 Å². The van der Waals surface area contributed by atoms with Crippen LogP contribution in [0.4, 0.5) is 10.1 Å². The average molecular weight is 459 g/mol. The van der Waals surface area contributed by atoms with E-state index in [1.165, 1.54) is 11.8 Å². The van der Waals surface area contributed by atoms with Crippen molar-refractivity contribution in [3.63, 3.8) is 0 Å². The number of rotatable bonds is 6. The van der Waals surface area contributed by atoms with Gasteiger partial charge in [-0.3, -0.25) is 4.79 Å². The van der Waals surface area contributed by atoms with Crippen LogP contribution in [-0.2, 0) is 19.2 Å². The van der Waals surface area contributed by atoms with Gasteiger partial charge in [-0.25, -0.2) is 9.37 Å². The molecule has 0 bridgehead atoms. The molecule has 0 amide bonds. The van der Waals surface area contributed by atoms with Crippen molar-refractivity contribution in [3.8, 4) is 0 Å². The molecule has 2 radical (unpaired) electrons. The van der Waals surface area contributed by atoms with Crippen molar-refractivity contribution < 1.29 is 4.39 Å². The molecule has 2 aromatic carbocycles. The fourth-order valence-corrected chi connectivity index (χ4v) is 5.28. The summed E-state index contributed by atoms with van der Waals surface area (Å²) in [5.41, 5.74) is 4.56. The standard InChI is InChI=1S/C25H28B2FN3OS/c1-15-10-11-21(31(26)27(3)14-17-8-6-5-7-9-17)23(28)22(15)18-13-20-19(12-16(18)2)24(32)30-25(29-20)33-4/h5-11,16,18H,12-14H2,1-4H3,(H,29,30,32). The Kier molecular flexibility index (Phi) is 7.03. The molecule has 0 fully saturated rings. The van der Waals surface area contributed by atoms with Gasteiger partial charge in [0.05, 0.1) is 5.69 Å². The number of H-pyrrole nitrogens is 1. The van der Waals surface area contributed by atoms with E-state index in [9.17, 15) is 4.79 Å². The van der Waals surface area contributed by atoms with Crippen molar-refractivity contribution >= 4 is 32.3 Å². The zero-order valence-corrected chi connectivity index (χ0v) is 20.4. The summed E-state index contributed by atoms with van der Waals surface area (Å²) in [5.74, 6) is -0.233. The Morgan fingerprint density at radius 2 is 1.97 bits per heavy atom. The Labute approximate surface area is 200 Å². The molecular weight excluding hydrogens is 431 g/mol. The Hall–Kier alpha value is -2.47. The molecule has 168 valence electrons. The first kappa shape index (κ1) is 23.7. The first-order chi connectivity index (χ1) is 15.8. The number of anilines is 1. The third-order valence-corrected chi connectivity index (χ3v) is 7.35. The number of thioether (sulfide) groups is 1. The fourth-order valence-electron chi connectivity index (χ4n) is 4.88.